The molecule has 0 aromatic heterocycles. The van der Waals surface area contributed by atoms with Gasteiger partial charge in [-0.3, -0.25) is 40.1 Å². The first kappa shape index (κ1) is 40.4. The van der Waals surface area contributed by atoms with Crippen molar-refractivity contribution in [2.75, 3.05) is 46.2 Å². The molecule has 0 heterocycles. The minimum Gasteiger partial charge on any atom is -0.456 e. The maximum absolute atomic E-state index is 14.4. The molecule has 0 radical (unpaired) electrons. The molecule has 0 aromatic carbocycles. The zero-order valence-corrected chi connectivity index (χ0v) is 29.1. The number of alkyl halides is 1. The number of ketones is 2. The van der Waals surface area contributed by atoms with Gasteiger partial charge in [0, 0.05) is 23.2 Å². The first-order valence-electron chi connectivity index (χ1n) is 16.5. The highest BCUT2D eigenvalue weighted by Crippen LogP contribution is 2.72. The molecule has 3 saturated carbocycles. The summed E-state index contributed by atoms with van der Waals surface area (Å²) in [7, 11) is 0. The molecule has 0 aliphatic heterocycles. The zero-order valence-electron chi connectivity index (χ0n) is 28.3. The average molecular weight is 735 g/mol. The zero-order chi connectivity index (χ0) is 36.9. The molecule has 18 heteroatoms. The summed E-state index contributed by atoms with van der Waals surface area (Å²) < 4.78 is 21.9. The Labute approximate surface area is 293 Å². The number of fused-ring (bicyclic) bond motifs is 5. The van der Waals surface area contributed by atoms with E-state index in [-0.39, 0.29) is 69.9 Å². The van der Waals surface area contributed by atoms with Gasteiger partial charge in [-0.05, 0) is 56.1 Å². The molecule has 0 saturated heterocycles. The smallest absolute Gasteiger partial charge is 0.332 e. The fraction of sp³-hybridized carbons (Fsp3) is 0.750. The predicted octanol–water partition coefficient (Wildman–Crippen LogP) is 2.10. The van der Waals surface area contributed by atoms with Crippen molar-refractivity contribution in [1.82, 2.24) is 10.8 Å². The number of carbonyl (C=O) groups is 4. The SMILES string of the molecule is C[C@H]1CC2C3CCC4=CC(=O)C=C[C@]4(C)[C@@]3(Cl)[C@@H](O)C[C@]2(C)[C@@]1(OC(=O)CCCON(O)O)C(=O)COC(=O)COCCOCCON(O)O. The maximum atomic E-state index is 14.4. The molecule has 2 unspecified atom stereocenters. The third-order valence-electron chi connectivity index (χ3n) is 11.0. The summed E-state index contributed by atoms with van der Waals surface area (Å²) in [5.41, 5.74) is -2.99. The minimum absolute atomic E-state index is 0.0148. The standard InChI is InChI=1S/C32H47ClN2O15/c1-20-15-24-23-7-6-21-16-22(36)8-9-29(21,2)31(23,33)25(37)17-30(24,3)32(20,50-27(39)5-4-10-48-34(41)42)26(38)18-47-28(40)19-46-12-11-45-13-14-49-35(43)44/h8-9,16,20,23-25,37,41-44H,4-7,10-15,17-19H2,1-3H3/t20-,23?,24?,25-,29-,30-,31-,32-/m0/s1. The number of halogens is 1. The van der Waals surface area contributed by atoms with Gasteiger partial charge >= 0.3 is 11.9 Å². The number of nitrogens with zero attached hydrogens (tertiary/aromatic N) is 2. The summed E-state index contributed by atoms with van der Waals surface area (Å²) in [6, 6.07) is 0. The van der Waals surface area contributed by atoms with Gasteiger partial charge in [-0.1, -0.05) is 32.4 Å². The lowest BCUT2D eigenvalue weighted by Gasteiger charge is -2.64. The number of aliphatic hydroxyl groups is 1. The Kier molecular flexibility index (Phi) is 13.3. The lowest BCUT2D eigenvalue weighted by atomic mass is 9.45. The van der Waals surface area contributed by atoms with Crippen LogP contribution in [0.5, 0.6) is 0 Å². The van der Waals surface area contributed by atoms with E-state index in [1.807, 2.05) is 6.92 Å². The van der Waals surface area contributed by atoms with E-state index in [1.54, 1.807) is 26.0 Å². The highest BCUT2D eigenvalue weighted by atomic mass is 35.5. The summed E-state index contributed by atoms with van der Waals surface area (Å²) >= 11 is 7.54. The van der Waals surface area contributed by atoms with E-state index in [9.17, 15) is 24.3 Å². The molecule has 3 fully saturated rings. The number of hydrogen-bond donors (Lipinski definition) is 5. The van der Waals surface area contributed by atoms with Crippen molar-refractivity contribution in [2.24, 2.45) is 28.6 Å². The second-order valence-corrected chi connectivity index (χ2v) is 14.3. The molecule has 17 nitrogen and oxygen atoms in total. The Morgan fingerprint density at radius 1 is 0.940 bits per heavy atom. The molecule has 0 amide bonds. The number of esters is 2. The maximum Gasteiger partial charge on any atom is 0.332 e. The molecule has 50 heavy (non-hydrogen) atoms. The highest BCUT2D eigenvalue weighted by molar-refractivity contribution is 6.26. The van der Waals surface area contributed by atoms with Crippen LogP contribution in [0.1, 0.15) is 59.3 Å². The molecule has 4 aliphatic rings. The number of Topliss-reactive ketones (excluding diaryl/α,β-unsaturated/α-hetero) is 1. The largest absolute Gasteiger partial charge is 0.456 e. The van der Waals surface area contributed by atoms with Crippen molar-refractivity contribution in [3.8, 4) is 0 Å². The Morgan fingerprint density at radius 2 is 1.60 bits per heavy atom. The first-order valence-corrected chi connectivity index (χ1v) is 16.9. The van der Waals surface area contributed by atoms with Gasteiger partial charge in [0.2, 0.25) is 5.78 Å². The van der Waals surface area contributed by atoms with E-state index >= 15 is 0 Å². The Hall–Kier alpha value is -2.39. The van der Waals surface area contributed by atoms with Crippen LogP contribution in [0.3, 0.4) is 0 Å². The van der Waals surface area contributed by atoms with Gasteiger partial charge in [-0.2, -0.15) is 0 Å². The number of rotatable bonds is 18. The quantitative estimate of drug-likeness (QED) is 0.0587. The van der Waals surface area contributed by atoms with E-state index in [2.05, 4.69) is 9.68 Å². The van der Waals surface area contributed by atoms with Crippen LogP contribution in [-0.4, -0.2) is 123 Å². The summed E-state index contributed by atoms with van der Waals surface area (Å²) in [6.07, 6.45) is 4.83. The van der Waals surface area contributed by atoms with E-state index in [0.29, 0.717) is 19.3 Å². The van der Waals surface area contributed by atoms with Crippen LogP contribution in [0, 0.1) is 28.6 Å². The van der Waals surface area contributed by atoms with Crippen molar-refractivity contribution < 1.29 is 73.7 Å². The van der Waals surface area contributed by atoms with Crippen LogP contribution >= 0.6 is 11.6 Å². The van der Waals surface area contributed by atoms with Gasteiger partial charge in [-0.25, -0.2) is 9.63 Å². The summed E-state index contributed by atoms with van der Waals surface area (Å²) in [4.78, 5) is 60.2. The van der Waals surface area contributed by atoms with Crippen LogP contribution in [0.2, 0.25) is 0 Å². The highest BCUT2D eigenvalue weighted by Gasteiger charge is 2.76. The predicted molar refractivity (Wildman–Crippen MR) is 166 cm³/mol. The fourth-order valence-corrected chi connectivity index (χ4v) is 9.36. The fourth-order valence-electron chi connectivity index (χ4n) is 8.84. The topological polar surface area (TPSA) is 231 Å². The third-order valence-corrected chi connectivity index (χ3v) is 11.9. The van der Waals surface area contributed by atoms with Gasteiger partial charge in [0.25, 0.3) is 0 Å². The lowest BCUT2D eigenvalue weighted by Crippen LogP contribution is -2.69. The van der Waals surface area contributed by atoms with Crippen LogP contribution < -0.4 is 0 Å². The van der Waals surface area contributed by atoms with E-state index < -0.39 is 75.0 Å². The van der Waals surface area contributed by atoms with Gasteiger partial charge in [0.15, 0.2) is 18.0 Å². The van der Waals surface area contributed by atoms with Crippen molar-refractivity contribution in [3.63, 3.8) is 0 Å². The summed E-state index contributed by atoms with van der Waals surface area (Å²) in [6.45, 7) is 3.90. The molecule has 282 valence electrons. The molecule has 8 atom stereocenters. The molecule has 4 rings (SSSR count). The van der Waals surface area contributed by atoms with Crippen LogP contribution in [0.25, 0.3) is 0 Å². The van der Waals surface area contributed by atoms with E-state index in [4.69, 9.17) is 51.4 Å². The first-order chi connectivity index (χ1) is 23.5. The number of allylic oxidation sites excluding steroid dienone is 4. The third kappa shape index (κ3) is 7.84. The second-order valence-electron chi connectivity index (χ2n) is 13.6. The molecular formula is C32H47ClN2O15. The van der Waals surface area contributed by atoms with Crippen molar-refractivity contribution in [2.45, 2.75) is 75.9 Å². The summed E-state index contributed by atoms with van der Waals surface area (Å²) in [5, 5.41) is 45.6. The van der Waals surface area contributed by atoms with Crippen molar-refractivity contribution in [1.29, 1.82) is 0 Å². The second kappa shape index (κ2) is 16.5. The Morgan fingerprint density at radius 3 is 2.30 bits per heavy atom. The van der Waals surface area contributed by atoms with Gasteiger partial charge < -0.3 is 24.1 Å². The number of carbonyl (C=O) groups excluding carboxylic acids is 4. The normalized spacial score (nSPS) is 34.6. The van der Waals surface area contributed by atoms with Crippen LogP contribution in [0.15, 0.2) is 23.8 Å². The van der Waals surface area contributed by atoms with Gasteiger partial charge in [0.1, 0.15) is 6.61 Å². The van der Waals surface area contributed by atoms with Crippen molar-refractivity contribution >= 4 is 35.1 Å². The van der Waals surface area contributed by atoms with Gasteiger partial charge in [0.05, 0.1) is 54.8 Å². The molecular weight excluding hydrogens is 688 g/mol. The lowest BCUT2D eigenvalue weighted by molar-refractivity contribution is -0.493. The Bertz CT molecular complexity index is 1330. The molecule has 5 N–H and O–H groups in total. The molecule has 0 spiro atoms. The molecule has 0 bridgehead atoms. The van der Waals surface area contributed by atoms with Crippen LogP contribution in [0.4, 0.5) is 0 Å². The molecule has 4 aliphatic carbocycles. The molecule has 0 aromatic rings. The van der Waals surface area contributed by atoms with Crippen LogP contribution in [-0.2, 0) is 47.8 Å². The minimum atomic E-state index is -1.83. The Balaban J connectivity index is 1.52. The number of aliphatic hydroxyl groups excluding tert-OH is 1. The average Bonchev–Trinajstić information content (AvgIpc) is 3.26. The van der Waals surface area contributed by atoms with E-state index in [0.717, 1.165) is 5.57 Å². The summed E-state index contributed by atoms with van der Waals surface area (Å²) in [5.74, 6) is -3.70. The number of hydrogen-bond acceptors (Lipinski definition) is 17. The number of ether oxygens (including phenoxy) is 4. The van der Waals surface area contributed by atoms with E-state index in [1.165, 1.54) is 6.08 Å². The van der Waals surface area contributed by atoms with Crippen molar-refractivity contribution in [3.05, 3.63) is 23.8 Å². The van der Waals surface area contributed by atoms with Gasteiger partial charge in [-0.15, -0.1) is 11.6 Å². The monoisotopic (exact) mass is 734 g/mol.